The number of aliphatic hydroxyl groups is 1. The van der Waals surface area contributed by atoms with Crippen molar-refractivity contribution in [2.45, 2.75) is 71.1 Å². The van der Waals surface area contributed by atoms with E-state index in [-0.39, 0.29) is 24.0 Å². The lowest BCUT2D eigenvalue weighted by atomic mass is 9.96. The zero-order valence-corrected chi connectivity index (χ0v) is 20.7. The van der Waals surface area contributed by atoms with E-state index in [1.165, 1.54) is 12.1 Å². The summed E-state index contributed by atoms with van der Waals surface area (Å²) in [4.78, 5) is 50.3. The van der Waals surface area contributed by atoms with Gasteiger partial charge in [0.15, 0.2) is 0 Å². The number of carbonyl (C=O) groups excluding carboxylic acids is 3. The smallest absolute Gasteiger partial charge is 0.326 e. The van der Waals surface area contributed by atoms with Gasteiger partial charge in [-0.05, 0) is 29.5 Å². The van der Waals surface area contributed by atoms with Gasteiger partial charge in [0.2, 0.25) is 17.7 Å². The molecule has 0 heterocycles. The van der Waals surface area contributed by atoms with E-state index >= 15 is 0 Å². The minimum Gasteiger partial charge on any atom is -0.508 e. The molecule has 0 aliphatic rings. The first-order valence-corrected chi connectivity index (χ1v) is 11.7. The first kappa shape index (κ1) is 29.9. The molecule has 6 unspecified atom stereocenters. The summed E-state index contributed by atoms with van der Waals surface area (Å²) < 4.78 is 0. The van der Waals surface area contributed by atoms with Gasteiger partial charge < -0.3 is 37.0 Å². The Morgan fingerprint density at radius 1 is 0.857 bits per heavy atom. The Balaban J connectivity index is 3.21. The second-order valence-corrected chi connectivity index (χ2v) is 8.80. The number of hydrogen-bond donors (Lipinski definition) is 7. The molecule has 0 fully saturated rings. The van der Waals surface area contributed by atoms with Gasteiger partial charge in [0.05, 0.1) is 6.61 Å². The van der Waals surface area contributed by atoms with Gasteiger partial charge in [-0.25, -0.2) is 4.79 Å². The molecule has 0 saturated carbocycles. The lowest BCUT2D eigenvalue weighted by molar-refractivity contribution is -0.144. The van der Waals surface area contributed by atoms with Crippen molar-refractivity contribution in [2.24, 2.45) is 17.6 Å². The third kappa shape index (κ3) is 9.18. The third-order valence-electron chi connectivity index (χ3n) is 6.11. The molecule has 35 heavy (non-hydrogen) atoms. The molecule has 0 saturated heterocycles. The molecule has 6 atom stereocenters. The summed E-state index contributed by atoms with van der Waals surface area (Å²) in [6.45, 7) is 6.48. The summed E-state index contributed by atoms with van der Waals surface area (Å²) in [5.41, 5.74) is 6.18. The Hall–Kier alpha value is -3.18. The molecule has 11 heteroatoms. The summed E-state index contributed by atoms with van der Waals surface area (Å²) in [6, 6.07) is 1.47. The molecule has 0 bridgehead atoms. The van der Waals surface area contributed by atoms with Gasteiger partial charge in [-0.15, -0.1) is 0 Å². The van der Waals surface area contributed by atoms with Gasteiger partial charge in [0.1, 0.15) is 29.9 Å². The maximum atomic E-state index is 13.2. The highest BCUT2D eigenvalue weighted by molar-refractivity contribution is 5.94. The minimum absolute atomic E-state index is 0.0159. The Morgan fingerprint density at radius 2 is 1.37 bits per heavy atom. The van der Waals surface area contributed by atoms with Crippen LogP contribution in [0.5, 0.6) is 5.75 Å². The van der Waals surface area contributed by atoms with Crippen LogP contribution in [0.1, 0.15) is 46.1 Å². The molecule has 196 valence electrons. The lowest BCUT2D eigenvalue weighted by Crippen LogP contribution is -2.59. The Bertz CT molecular complexity index is 862. The monoisotopic (exact) mass is 494 g/mol. The van der Waals surface area contributed by atoms with Crippen molar-refractivity contribution in [3.63, 3.8) is 0 Å². The van der Waals surface area contributed by atoms with Crippen LogP contribution in [0.15, 0.2) is 24.3 Å². The molecule has 1 aromatic carbocycles. The first-order chi connectivity index (χ1) is 16.4. The molecular formula is C24H38N4O7. The van der Waals surface area contributed by atoms with Gasteiger partial charge in [-0.2, -0.15) is 0 Å². The van der Waals surface area contributed by atoms with Gasteiger partial charge in [-0.3, -0.25) is 14.4 Å². The van der Waals surface area contributed by atoms with Gasteiger partial charge in [0, 0.05) is 6.42 Å². The predicted molar refractivity (Wildman–Crippen MR) is 129 cm³/mol. The Labute approximate surface area is 205 Å². The van der Waals surface area contributed by atoms with Crippen LogP contribution in [0.25, 0.3) is 0 Å². The predicted octanol–water partition coefficient (Wildman–Crippen LogP) is -0.114. The van der Waals surface area contributed by atoms with E-state index < -0.39 is 54.5 Å². The van der Waals surface area contributed by atoms with E-state index in [1.807, 2.05) is 6.92 Å². The number of aliphatic hydroxyl groups excluding tert-OH is 1. The largest absolute Gasteiger partial charge is 0.508 e. The van der Waals surface area contributed by atoms with E-state index in [9.17, 15) is 29.4 Å². The molecule has 1 rings (SSSR count). The number of aromatic hydroxyl groups is 1. The number of nitrogens with two attached hydrogens (primary N) is 1. The normalized spacial score (nSPS) is 16.2. The van der Waals surface area contributed by atoms with E-state index in [0.717, 1.165) is 0 Å². The minimum atomic E-state index is -1.21. The summed E-state index contributed by atoms with van der Waals surface area (Å²) in [6.07, 6.45) is 1.05. The molecule has 0 radical (unpaired) electrons. The summed E-state index contributed by atoms with van der Waals surface area (Å²) >= 11 is 0. The summed E-state index contributed by atoms with van der Waals surface area (Å²) in [7, 11) is 0. The molecular weight excluding hydrogens is 456 g/mol. The number of benzene rings is 1. The van der Waals surface area contributed by atoms with E-state index in [4.69, 9.17) is 10.8 Å². The number of carboxylic acids is 1. The first-order valence-electron chi connectivity index (χ1n) is 11.7. The van der Waals surface area contributed by atoms with Crippen LogP contribution in [-0.2, 0) is 25.6 Å². The number of hydrogen-bond acceptors (Lipinski definition) is 7. The number of phenols is 1. The highest BCUT2D eigenvalue weighted by Crippen LogP contribution is 2.14. The zero-order chi connectivity index (χ0) is 26.7. The number of phenolic OH excluding ortho intramolecular Hbond substituents is 1. The van der Waals surface area contributed by atoms with Crippen LogP contribution in [0, 0.1) is 11.8 Å². The fraction of sp³-hybridized carbons (Fsp3) is 0.583. The average Bonchev–Trinajstić information content (AvgIpc) is 2.84. The van der Waals surface area contributed by atoms with Gasteiger partial charge >= 0.3 is 5.97 Å². The van der Waals surface area contributed by atoms with Crippen molar-refractivity contribution in [3.8, 4) is 5.75 Å². The third-order valence-corrected chi connectivity index (χ3v) is 6.11. The van der Waals surface area contributed by atoms with Gasteiger partial charge in [0.25, 0.3) is 0 Å². The number of nitrogens with one attached hydrogen (secondary N) is 3. The zero-order valence-electron chi connectivity index (χ0n) is 20.7. The summed E-state index contributed by atoms with van der Waals surface area (Å²) in [5.74, 6) is -3.89. The molecule has 0 aliphatic heterocycles. The lowest BCUT2D eigenvalue weighted by Gasteiger charge is -2.28. The highest BCUT2D eigenvalue weighted by Gasteiger charge is 2.33. The maximum absolute atomic E-state index is 13.2. The average molecular weight is 495 g/mol. The number of carboxylic acid groups (broad SMARTS) is 1. The standard InChI is InChI=1S/C24H38N4O7/c1-5-13(3)19(27-21(31)17(25)12-29)23(33)26-18(11-15-7-9-16(30)10-8-15)22(32)28-20(24(34)35)14(4)6-2/h7-10,13-14,17-20,29-30H,5-6,11-12,25H2,1-4H3,(H,26,33)(H,27,31)(H,28,32)(H,34,35). The van der Waals surface area contributed by atoms with E-state index in [0.29, 0.717) is 18.4 Å². The SMILES string of the molecule is CCC(C)C(NC(=O)C(Cc1ccc(O)cc1)NC(=O)C(NC(=O)C(N)CO)C(C)CC)C(=O)O. The fourth-order valence-electron chi connectivity index (χ4n) is 3.32. The van der Waals surface area contributed by atoms with Crippen LogP contribution in [0.2, 0.25) is 0 Å². The molecule has 0 aliphatic carbocycles. The molecule has 11 nitrogen and oxygen atoms in total. The fourth-order valence-corrected chi connectivity index (χ4v) is 3.32. The molecule has 8 N–H and O–H groups in total. The Morgan fingerprint density at radius 3 is 1.86 bits per heavy atom. The van der Waals surface area contributed by atoms with Crippen LogP contribution < -0.4 is 21.7 Å². The quantitative estimate of drug-likeness (QED) is 0.186. The van der Waals surface area contributed by atoms with Crippen LogP contribution in [0.4, 0.5) is 0 Å². The number of aliphatic carboxylic acids is 1. The molecule has 0 aromatic heterocycles. The molecule has 0 spiro atoms. The van der Waals surface area contributed by atoms with Crippen LogP contribution in [0.3, 0.4) is 0 Å². The van der Waals surface area contributed by atoms with Crippen molar-refractivity contribution >= 4 is 23.7 Å². The van der Waals surface area contributed by atoms with E-state index in [2.05, 4.69) is 16.0 Å². The molecule has 1 aromatic rings. The van der Waals surface area contributed by atoms with Crippen LogP contribution in [-0.4, -0.2) is 69.8 Å². The van der Waals surface area contributed by atoms with Crippen molar-refractivity contribution in [1.82, 2.24) is 16.0 Å². The number of amides is 3. The summed E-state index contributed by atoms with van der Waals surface area (Å²) in [5, 5.41) is 35.9. The van der Waals surface area contributed by atoms with E-state index in [1.54, 1.807) is 32.9 Å². The Kier molecular flexibility index (Phi) is 12.2. The maximum Gasteiger partial charge on any atom is 0.326 e. The number of rotatable bonds is 14. The van der Waals surface area contributed by atoms with Crippen LogP contribution >= 0.6 is 0 Å². The van der Waals surface area contributed by atoms with Gasteiger partial charge in [-0.1, -0.05) is 52.7 Å². The topological polar surface area (TPSA) is 191 Å². The van der Waals surface area contributed by atoms with Crippen molar-refractivity contribution in [3.05, 3.63) is 29.8 Å². The second-order valence-electron chi connectivity index (χ2n) is 8.80. The highest BCUT2D eigenvalue weighted by atomic mass is 16.4. The van der Waals surface area contributed by atoms with Crippen molar-refractivity contribution < 1.29 is 34.5 Å². The second kappa shape index (κ2) is 14.3. The number of carbonyl (C=O) groups is 4. The van der Waals surface area contributed by atoms with Crippen molar-refractivity contribution in [1.29, 1.82) is 0 Å². The molecule has 3 amide bonds. The van der Waals surface area contributed by atoms with Crippen molar-refractivity contribution in [2.75, 3.05) is 6.61 Å².